The third kappa shape index (κ3) is 6.26. The van der Waals surface area contributed by atoms with E-state index in [1.54, 1.807) is 0 Å². The second-order valence-corrected chi connectivity index (χ2v) is 15.0. The summed E-state index contributed by atoms with van der Waals surface area (Å²) in [5.41, 5.74) is 15.6. The molecule has 0 aliphatic heterocycles. The number of para-hydroxylation sites is 2. The first kappa shape index (κ1) is 34.4. The van der Waals surface area contributed by atoms with Gasteiger partial charge in [-0.3, -0.25) is 0 Å². The highest BCUT2D eigenvalue weighted by molar-refractivity contribution is 6.10. The molecule has 59 heavy (non-hydrogen) atoms. The van der Waals surface area contributed by atoms with Gasteiger partial charge in [-0.1, -0.05) is 188 Å². The number of hydrogen-bond donors (Lipinski definition) is 0. The average Bonchev–Trinajstić information content (AvgIpc) is 3.66. The SMILES string of the molecule is c1ccc(-c2ccc(-c3cc(-c4ccc(-c5ccc(-c6ccc7c(c6)c6ccccc6n7-c6ccccc6)cc5)c5ccccc45)nc(-c4ccccc4)n3)cc2)cc1. The van der Waals surface area contributed by atoms with Gasteiger partial charge in [0.05, 0.1) is 22.4 Å². The number of fused-ring (bicyclic) bond motifs is 4. The largest absolute Gasteiger partial charge is 0.309 e. The fourth-order valence-electron chi connectivity index (χ4n) is 8.54. The molecule has 0 spiro atoms. The summed E-state index contributed by atoms with van der Waals surface area (Å²) in [6.07, 6.45) is 0. The van der Waals surface area contributed by atoms with Crippen LogP contribution in [0.15, 0.2) is 224 Å². The van der Waals surface area contributed by atoms with E-state index in [4.69, 9.17) is 9.97 Å². The first-order valence-electron chi connectivity index (χ1n) is 20.1. The van der Waals surface area contributed by atoms with Crippen molar-refractivity contribution in [3.05, 3.63) is 224 Å². The molecule has 0 saturated heterocycles. The third-order valence-electron chi connectivity index (χ3n) is 11.5. The van der Waals surface area contributed by atoms with E-state index in [2.05, 4.69) is 205 Å². The van der Waals surface area contributed by atoms with Crippen molar-refractivity contribution in [1.29, 1.82) is 0 Å². The van der Waals surface area contributed by atoms with Gasteiger partial charge in [-0.05, 0) is 80.6 Å². The predicted molar refractivity (Wildman–Crippen MR) is 246 cm³/mol. The lowest BCUT2D eigenvalue weighted by molar-refractivity contribution is 1.18. The minimum atomic E-state index is 0.705. The van der Waals surface area contributed by atoms with Crippen molar-refractivity contribution in [2.75, 3.05) is 0 Å². The number of aromatic nitrogens is 3. The van der Waals surface area contributed by atoms with Crippen LogP contribution in [0.5, 0.6) is 0 Å². The summed E-state index contributed by atoms with van der Waals surface area (Å²) in [5.74, 6) is 0.705. The summed E-state index contributed by atoms with van der Waals surface area (Å²) in [6, 6.07) is 79.9. The van der Waals surface area contributed by atoms with Crippen molar-refractivity contribution in [3.8, 4) is 73.0 Å². The third-order valence-corrected chi connectivity index (χ3v) is 11.5. The van der Waals surface area contributed by atoms with E-state index >= 15 is 0 Å². The van der Waals surface area contributed by atoms with Crippen LogP contribution < -0.4 is 0 Å². The van der Waals surface area contributed by atoms with Gasteiger partial charge in [0.2, 0.25) is 0 Å². The molecule has 0 amide bonds. The molecule has 2 heterocycles. The Bertz CT molecular complexity index is 3280. The van der Waals surface area contributed by atoms with Gasteiger partial charge in [-0.2, -0.15) is 0 Å². The van der Waals surface area contributed by atoms with E-state index in [1.807, 2.05) is 24.3 Å². The van der Waals surface area contributed by atoms with Crippen LogP contribution in [0, 0.1) is 0 Å². The van der Waals surface area contributed by atoms with Gasteiger partial charge in [-0.15, -0.1) is 0 Å². The monoisotopic (exact) mass is 751 g/mol. The Labute approximate surface area is 343 Å². The molecule has 2 aromatic heterocycles. The van der Waals surface area contributed by atoms with E-state index in [0.717, 1.165) is 33.5 Å². The van der Waals surface area contributed by atoms with Crippen molar-refractivity contribution in [2.45, 2.75) is 0 Å². The van der Waals surface area contributed by atoms with Gasteiger partial charge in [0.1, 0.15) is 0 Å². The zero-order chi connectivity index (χ0) is 39.1. The second-order valence-electron chi connectivity index (χ2n) is 15.0. The molecule has 9 aromatic carbocycles. The van der Waals surface area contributed by atoms with Crippen LogP contribution in [0.2, 0.25) is 0 Å². The molecule has 0 atom stereocenters. The maximum atomic E-state index is 5.21. The van der Waals surface area contributed by atoms with E-state index in [0.29, 0.717) is 5.82 Å². The fourth-order valence-corrected chi connectivity index (χ4v) is 8.54. The molecule has 0 aliphatic carbocycles. The maximum Gasteiger partial charge on any atom is 0.160 e. The lowest BCUT2D eigenvalue weighted by Crippen LogP contribution is -1.96. The van der Waals surface area contributed by atoms with Gasteiger partial charge in [0.25, 0.3) is 0 Å². The van der Waals surface area contributed by atoms with Gasteiger partial charge in [0.15, 0.2) is 5.82 Å². The summed E-state index contributed by atoms with van der Waals surface area (Å²) < 4.78 is 2.36. The van der Waals surface area contributed by atoms with E-state index < -0.39 is 0 Å². The molecule has 276 valence electrons. The number of benzene rings is 9. The second kappa shape index (κ2) is 14.6. The van der Waals surface area contributed by atoms with Crippen LogP contribution in [-0.2, 0) is 0 Å². The molecule has 0 N–H and O–H groups in total. The molecule has 3 nitrogen and oxygen atoms in total. The lowest BCUT2D eigenvalue weighted by Gasteiger charge is -2.14. The first-order valence-corrected chi connectivity index (χ1v) is 20.1. The fraction of sp³-hybridized carbons (Fsp3) is 0. The number of nitrogens with zero attached hydrogens (tertiary/aromatic N) is 3. The Morgan fingerprint density at radius 2 is 0.746 bits per heavy atom. The summed E-state index contributed by atoms with van der Waals surface area (Å²) in [6.45, 7) is 0. The molecule has 3 heteroatoms. The summed E-state index contributed by atoms with van der Waals surface area (Å²) in [5, 5.41) is 4.84. The zero-order valence-corrected chi connectivity index (χ0v) is 32.2. The molecule has 0 saturated carbocycles. The molecule has 0 fully saturated rings. The van der Waals surface area contributed by atoms with Gasteiger partial charge < -0.3 is 4.57 Å². The van der Waals surface area contributed by atoms with E-state index in [1.165, 1.54) is 66.3 Å². The van der Waals surface area contributed by atoms with Crippen LogP contribution in [-0.4, -0.2) is 14.5 Å². The smallest absolute Gasteiger partial charge is 0.160 e. The van der Waals surface area contributed by atoms with Crippen LogP contribution in [0.3, 0.4) is 0 Å². The average molecular weight is 752 g/mol. The van der Waals surface area contributed by atoms with Crippen molar-refractivity contribution in [1.82, 2.24) is 14.5 Å². The summed E-state index contributed by atoms with van der Waals surface area (Å²) >= 11 is 0. The molecule has 11 rings (SSSR count). The Morgan fingerprint density at radius 3 is 1.46 bits per heavy atom. The molecule has 0 bridgehead atoms. The van der Waals surface area contributed by atoms with E-state index in [9.17, 15) is 0 Å². The normalized spacial score (nSPS) is 11.4. The van der Waals surface area contributed by atoms with Crippen molar-refractivity contribution in [3.63, 3.8) is 0 Å². The molecule has 0 unspecified atom stereocenters. The van der Waals surface area contributed by atoms with Crippen LogP contribution in [0.4, 0.5) is 0 Å². The Morgan fingerprint density at radius 1 is 0.271 bits per heavy atom. The standard InChI is InChI=1S/C56H37N3/c1-4-14-38(15-5-1)39-26-30-42(31-27-39)52-37-53(58-56(57-52)43-16-6-2-7-17-43)49-34-33-46(47-20-10-11-21-48(47)49)41-28-24-40(25-29-41)44-32-35-55-51(36-44)50-22-12-13-23-54(50)59(55)45-18-8-3-9-19-45/h1-37H. The summed E-state index contributed by atoms with van der Waals surface area (Å²) in [7, 11) is 0. The Kier molecular flexibility index (Phi) is 8.49. The molecule has 0 radical (unpaired) electrons. The van der Waals surface area contributed by atoms with Gasteiger partial charge in [-0.25, -0.2) is 9.97 Å². The van der Waals surface area contributed by atoms with Gasteiger partial charge in [0, 0.05) is 33.2 Å². The Balaban J connectivity index is 0.971. The van der Waals surface area contributed by atoms with Crippen molar-refractivity contribution < 1.29 is 0 Å². The lowest BCUT2D eigenvalue weighted by atomic mass is 9.92. The predicted octanol–water partition coefficient (Wildman–Crippen LogP) is 14.7. The molecule has 11 aromatic rings. The quantitative estimate of drug-likeness (QED) is 0.162. The van der Waals surface area contributed by atoms with Crippen LogP contribution >= 0.6 is 0 Å². The van der Waals surface area contributed by atoms with Gasteiger partial charge >= 0.3 is 0 Å². The Hall–Kier alpha value is -7.88. The number of rotatable bonds is 7. The van der Waals surface area contributed by atoms with E-state index in [-0.39, 0.29) is 0 Å². The zero-order valence-electron chi connectivity index (χ0n) is 32.2. The number of hydrogen-bond acceptors (Lipinski definition) is 2. The maximum absolute atomic E-state index is 5.21. The minimum absolute atomic E-state index is 0.705. The highest BCUT2D eigenvalue weighted by Gasteiger charge is 2.16. The molecular formula is C56H37N3. The molecular weight excluding hydrogens is 715 g/mol. The highest BCUT2D eigenvalue weighted by atomic mass is 15.0. The topological polar surface area (TPSA) is 30.7 Å². The minimum Gasteiger partial charge on any atom is -0.309 e. The van der Waals surface area contributed by atoms with Crippen molar-refractivity contribution in [2.24, 2.45) is 0 Å². The molecule has 0 aliphatic rings. The first-order chi connectivity index (χ1) is 29.2. The highest BCUT2D eigenvalue weighted by Crippen LogP contribution is 2.39. The summed E-state index contributed by atoms with van der Waals surface area (Å²) in [4.78, 5) is 10.3. The van der Waals surface area contributed by atoms with Crippen LogP contribution in [0.1, 0.15) is 0 Å². The van der Waals surface area contributed by atoms with Crippen molar-refractivity contribution >= 4 is 32.6 Å². The van der Waals surface area contributed by atoms with Crippen LogP contribution in [0.25, 0.3) is 106 Å².